The average Bonchev–Trinajstić information content (AvgIpc) is 3.09. The van der Waals surface area contributed by atoms with Crippen molar-refractivity contribution in [1.29, 1.82) is 0 Å². The average molecular weight is 411 g/mol. The van der Waals surface area contributed by atoms with Gasteiger partial charge in [0.25, 0.3) is 0 Å². The maximum absolute atomic E-state index is 13.6. The molecule has 0 radical (unpaired) electrons. The highest BCUT2D eigenvalue weighted by Crippen LogP contribution is 2.41. The fourth-order valence-electron chi connectivity index (χ4n) is 6.84. The third-order valence-corrected chi connectivity index (χ3v) is 8.55. The third kappa shape index (κ3) is 4.38. The molecule has 4 aliphatic heterocycles. The molecule has 1 N–H and O–H groups in total. The second kappa shape index (κ2) is 9.07. The van der Waals surface area contributed by atoms with E-state index in [9.17, 15) is 4.39 Å². The van der Waals surface area contributed by atoms with Crippen LogP contribution < -0.4 is 5.32 Å². The summed E-state index contributed by atoms with van der Waals surface area (Å²) < 4.78 is 32.1. The highest BCUT2D eigenvalue weighted by molar-refractivity contribution is 5.07. The molecule has 4 unspecified atom stereocenters. The molecule has 1 spiro atoms. The zero-order valence-corrected chi connectivity index (χ0v) is 17.8. The van der Waals surface area contributed by atoms with Gasteiger partial charge in [0.15, 0.2) is 0 Å². The van der Waals surface area contributed by atoms with Crippen molar-refractivity contribution in [3.63, 3.8) is 0 Å². The van der Waals surface area contributed by atoms with Gasteiger partial charge in [0.1, 0.15) is 0 Å². The van der Waals surface area contributed by atoms with Crippen LogP contribution in [0.4, 0.5) is 4.39 Å². The van der Waals surface area contributed by atoms with Gasteiger partial charge in [0.2, 0.25) is 6.36 Å². The largest absolute Gasteiger partial charge is 0.378 e. The summed E-state index contributed by atoms with van der Waals surface area (Å²) in [6, 6.07) is 0.262. The number of rotatable bonds is 0. The monoisotopic (exact) mass is 410 g/mol. The van der Waals surface area contributed by atoms with Gasteiger partial charge in [-0.15, -0.1) is 0 Å². The van der Waals surface area contributed by atoms with Crippen molar-refractivity contribution in [2.75, 3.05) is 39.5 Å². The topological polar surface area (TPSA) is 43.0 Å². The Balaban J connectivity index is 1.29. The highest BCUT2D eigenvalue weighted by Gasteiger charge is 2.50. The van der Waals surface area contributed by atoms with Crippen LogP contribution in [0, 0.1) is 11.8 Å². The first-order valence-electron chi connectivity index (χ1n) is 12.2. The lowest BCUT2D eigenvalue weighted by Gasteiger charge is -2.44. The molecule has 0 amide bonds. The van der Waals surface area contributed by atoms with E-state index < -0.39 is 6.36 Å². The standard InChI is InChI=1S/C23H39FN2O3/c24-22-14-25-23(16-29-22)10-12-26-11-3-13-27-20-5-2-1-4-19(20)17-6-8-18(9-7-17)28-15-21(23)26/h17-22,25H,1-16H2/t17?,18?,19?,20?,21?,22?,23-/m1/s1. The molecule has 6 fully saturated rings. The van der Waals surface area contributed by atoms with Crippen LogP contribution in [0.3, 0.4) is 0 Å². The Bertz CT molecular complexity index is 534. The molecule has 2 saturated carbocycles. The molecule has 29 heavy (non-hydrogen) atoms. The molecule has 4 saturated heterocycles. The SMILES string of the molecule is FC1CN[C@]2(CCN3CCCOC4CCCCC4C4CCC(CC4)OCC32)CO1. The Kier molecular flexibility index (Phi) is 6.45. The number of morpholine rings is 1. The number of ether oxygens (including phenoxy) is 3. The van der Waals surface area contributed by atoms with Gasteiger partial charge >= 0.3 is 0 Å². The Hall–Kier alpha value is -0.270. The second-order valence-corrected chi connectivity index (χ2v) is 10.1. The van der Waals surface area contributed by atoms with E-state index in [1.165, 1.54) is 51.4 Å². The first-order valence-corrected chi connectivity index (χ1v) is 12.2. The van der Waals surface area contributed by atoms with E-state index >= 15 is 0 Å². The Morgan fingerprint density at radius 3 is 2.59 bits per heavy atom. The lowest BCUT2D eigenvalue weighted by molar-refractivity contribution is -0.118. The van der Waals surface area contributed by atoms with Crippen molar-refractivity contribution >= 4 is 0 Å². The number of nitrogens with zero attached hydrogens (tertiary/aromatic N) is 1. The van der Waals surface area contributed by atoms with E-state index in [0.29, 0.717) is 25.4 Å². The van der Waals surface area contributed by atoms with Crippen LogP contribution in [0.15, 0.2) is 0 Å². The maximum atomic E-state index is 13.6. The molecule has 6 aliphatic rings. The number of hydrogen-bond acceptors (Lipinski definition) is 5. The molecule has 166 valence electrons. The van der Waals surface area contributed by atoms with E-state index in [1.807, 2.05) is 0 Å². The predicted molar refractivity (Wildman–Crippen MR) is 110 cm³/mol. The number of hydrogen-bond donors (Lipinski definition) is 1. The minimum atomic E-state index is -1.18. The summed E-state index contributed by atoms with van der Waals surface area (Å²) in [5.74, 6) is 1.60. The summed E-state index contributed by atoms with van der Waals surface area (Å²) >= 11 is 0. The Labute approximate surface area is 175 Å². The van der Waals surface area contributed by atoms with E-state index in [-0.39, 0.29) is 11.6 Å². The fraction of sp³-hybridized carbons (Fsp3) is 1.00. The van der Waals surface area contributed by atoms with E-state index in [2.05, 4.69) is 10.2 Å². The number of nitrogens with one attached hydrogen (secondary N) is 1. The summed E-state index contributed by atoms with van der Waals surface area (Å²) in [5.41, 5.74) is -0.161. The summed E-state index contributed by atoms with van der Waals surface area (Å²) in [6.07, 6.45) is 12.0. The van der Waals surface area contributed by atoms with Gasteiger partial charge in [0, 0.05) is 19.7 Å². The van der Waals surface area contributed by atoms with Crippen molar-refractivity contribution in [3.8, 4) is 0 Å². The Morgan fingerprint density at radius 2 is 1.76 bits per heavy atom. The van der Waals surface area contributed by atoms with Gasteiger partial charge in [0.05, 0.1) is 43.5 Å². The van der Waals surface area contributed by atoms with Crippen molar-refractivity contribution in [3.05, 3.63) is 0 Å². The zero-order valence-electron chi connectivity index (χ0n) is 17.8. The summed E-state index contributed by atoms with van der Waals surface area (Å²) in [6.45, 7) is 4.40. The van der Waals surface area contributed by atoms with Crippen LogP contribution in [0.5, 0.6) is 0 Å². The molecular formula is C23H39FN2O3. The molecular weight excluding hydrogens is 371 g/mol. The van der Waals surface area contributed by atoms with Gasteiger partial charge < -0.3 is 19.5 Å². The first kappa shape index (κ1) is 20.6. The lowest BCUT2D eigenvalue weighted by atomic mass is 9.71. The van der Waals surface area contributed by atoms with Crippen LogP contribution in [0.1, 0.15) is 64.2 Å². The second-order valence-electron chi connectivity index (χ2n) is 10.1. The predicted octanol–water partition coefficient (Wildman–Crippen LogP) is 3.27. The smallest absolute Gasteiger partial charge is 0.211 e. The van der Waals surface area contributed by atoms with Crippen LogP contribution in [0.2, 0.25) is 0 Å². The first-order chi connectivity index (χ1) is 14.2. The Morgan fingerprint density at radius 1 is 0.897 bits per heavy atom. The van der Waals surface area contributed by atoms with Crippen LogP contribution >= 0.6 is 0 Å². The van der Waals surface area contributed by atoms with E-state index in [0.717, 1.165) is 51.0 Å². The van der Waals surface area contributed by atoms with Crippen LogP contribution in [0.25, 0.3) is 0 Å². The van der Waals surface area contributed by atoms with Gasteiger partial charge in [-0.2, -0.15) is 0 Å². The summed E-state index contributed by atoms with van der Waals surface area (Å²) in [7, 11) is 0. The number of fused-ring (bicyclic) bond motifs is 6. The summed E-state index contributed by atoms with van der Waals surface area (Å²) in [5, 5.41) is 3.50. The van der Waals surface area contributed by atoms with E-state index in [1.54, 1.807) is 0 Å². The molecule has 2 aliphatic carbocycles. The number of alkyl halides is 1. The van der Waals surface area contributed by atoms with Crippen LogP contribution in [-0.4, -0.2) is 74.5 Å². The lowest BCUT2D eigenvalue weighted by Crippen LogP contribution is -2.64. The van der Waals surface area contributed by atoms with Crippen molar-refractivity contribution in [2.45, 2.75) is 94.4 Å². The van der Waals surface area contributed by atoms with Gasteiger partial charge in [-0.25, -0.2) is 4.39 Å². The summed E-state index contributed by atoms with van der Waals surface area (Å²) in [4.78, 5) is 2.55. The van der Waals surface area contributed by atoms with Gasteiger partial charge in [-0.05, 0) is 63.2 Å². The molecule has 6 heteroatoms. The van der Waals surface area contributed by atoms with Gasteiger partial charge in [-0.1, -0.05) is 12.8 Å². The van der Waals surface area contributed by atoms with Crippen molar-refractivity contribution < 1.29 is 18.6 Å². The molecule has 0 aromatic heterocycles. The molecule has 0 aromatic carbocycles. The molecule has 5 nitrogen and oxygen atoms in total. The molecule has 4 heterocycles. The molecule has 5 atom stereocenters. The quantitative estimate of drug-likeness (QED) is 0.664. The number of halogens is 1. The van der Waals surface area contributed by atoms with Crippen molar-refractivity contribution in [1.82, 2.24) is 10.2 Å². The molecule has 6 rings (SSSR count). The third-order valence-electron chi connectivity index (χ3n) is 8.55. The van der Waals surface area contributed by atoms with Crippen LogP contribution in [-0.2, 0) is 14.2 Å². The minimum absolute atomic E-state index is 0.161. The molecule has 2 bridgehead atoms. The highest BCUT2D eigenvalue weighted by atomic mass is 19.1. The van der Waals surface area contributed by atoms with E-state index in [4.69, 9.17) is 14.2 Å². The minimum Gasteiger partial charge on any atom is -0.378 e. The molecule has 0 aromatic rings. The normalized spacial score (nSPS) is 47.5. The van der Waals surface area contributed by atoms with Gasteiger partial charge in [-0.3, -0.25) is 4.90 Å². The zero-order chi connectivity index (χ0) is 19.7. The van der Waals surface area contributed by atoms with Crippen molar-refractivity contribution in [2.24, 2.45) is 11.8 Å². The fourth-order valence-corrected chi connectivity index (χ4v) is 6.84. The maximum Gasteiger partial charge on any atom is 0.211 e.